The summed E-state index contributed by atoms with van der Waals surface area (Å²) in [7, 11) is 1.59. The molecule has 1 aliphatic rings. The van der Waals surface area contributed by atoms with Gasteiger partial charge in [-0.2, -0.15) is 4.98 Å². The minimum Gasteiger partial charge on any atom is -0.481 e. The number of halogens is 1. The molecule has 0 saturated carbocycles. The predicted octanol–water partition coefficient (Wildman–Crippen LogP) is 2.95. The Morgan fingerprint density at radius 3 is 2.36 bits per heavy atom. The highest BCUT2D eigenvalue weighted by Crippen LogP contribution is 2.24. The third-order valence-electron chi connectivity index (χ3n) is 4.60. The molecule has 0 unspecified atom stereocenters. The van der Waals surface area contributed by atoms with Gasteiger partial charge in [-0.3, -0.25) is 4.79 Å². The lowest BCUT2D eigenvalue weighted by molar-refractivity contribution is -0.145. The largest absolute Gasteiger partial charge is 0.481 e. The maximum Gasteiger partial charge on any atom is 0.266 e. The Morgan fingerprint density at radius 2 is 1.75 bits per heavy atom. The molecule has 0 bridgehead atoms. The molecule has 2 aromatic rings. The molecular weight excluding hydrogens is 380 g/mol. The van der Waals surface area contributed by atoms with Gasteiger partial charge in [-0.1, -0.05) is 11.6 Å². The van der Waals surface area contributed by atoms with Crippen molar-refractivity contribution in [2.75, 3.05) is 38.2 Å². The number of hydrogen-bond donors (Lipinski definition) is 0. The Labute approximate surface area is 170 Å². The van der Waals surface area contributed by atoms with Crippen molar-refractivity contribution >= 4 is 23.3 Å². The van der Waals surface area contributed by atoms with Gasteiger partial charge in [0, 0.05) is 37.3 Å². The molecule has 8 heteroatoms. The SMILES string of the molecule is COc1cc(N2CCN(C(=O)C(C)(C)Oc3ccc(Cl)cc3)CC2)nc(C)n1. The van der Waals surface area contributed by atoms with E-state index in [-0.39, 0.29) is 5.91 Å². The first-order valence-electron chi connectivity index (χ1n) is 9.17. The molecule has 0 radical (unpaired) electrons. The highest BCUT2D eigenvalue weighted by atomic mass is 35.5. The highest BCUT2D eigenvalue weighted by molar-refractivity contribution is 6.30. The lowest BCUT2D eigenvalue weighted by atomic mass is 10.1. The Kier molecular flexibility index (Phi) is 5.93. The monoisotopic (exact) mass is 404 g/mol. The molecule has 28 heavy (non-hydrogen) atoms. The van der Waals surface area contributed by atoms with Crippen LogP contribution in [0.2, 0.25) is 5.02 Å². The summed E-state index contributed by atoms with van der Waals surface area (Å²) in [6.45, 7) is 7.96. The third kappa shape index (κ3) is 4.65. The summed E-state index contributed by atoms with van der Waals surface area (Å²) in [6.07, 6.45) is 0. The molecule has 1 aliphatic heterocycles. The first-order valence-corrected chi connectivity index (χ1v) is 9.55. The summed E-state index contributed by atoms with van der Waals surface area (Å²) in [5, 5.41) is 0.629. The average Bonchev–Trinajstić information content (AvgIpc) is 2.68. The number of benzene rings is 1. The molecule has 0 aliphatic carbocycles. The molecule has 1 aromatic heterocycles. The number of amides is 1. The van der Waals surface area contributed by atoms with Crippen LogP contribution >= 0.6 is 11.6 Å². The van der Waals surface area contributed by atoms with Gasteiger partial charge in [0.2, 0.25) is 5.88 Å². The summed E-state index contributed by atoms with van der Waals surface area (Å²) < 4.78 is 11.2. The van der Waals surface area contributed by atoms with Gasteiger partial charge in [0.1, 0.15) is 17.4 Å². The Balaban J connectivity index is 1.62. The van der Waals surface area contributed by atoms with Gasteiger partial charge < -0.3 is 19.3 Å². The number of methoxy groups -OCH3 is 1. The molecule has 1 fully saturated rings. The van der Waals surface area contributed by atoms with Crippen molar-refractivity contribution in [1.82, 2.24) is 14.9 Å². The molecule has 0 spiro atoms. The van der Waals surface area contributed by atoms with E-state index >= 15 is 0 Å². The summed E-state index contributed by atoms with van der Waals surface area (Å²) in [4.78, 5) is 25.7. The zero-order valence-corrected chi connectivity index (χ0v) is 17.4. The van der Waals surface area contributed by atoms with Crippen LogP contribution in [0, 0.1) is 6.92 Å². The molecule has 1 saturated heterocycles. The smallest absolute Gasteiger partial charge is 0.266 e. The van der Waals surface area contributed by atoms with Crippen LogP contribution in [-0.2, 0) is 4.79 Å². The number of anilines is 1. The topological polar surface area (TPSA) is 67.8 Å². The zero-order chi connectivity index (χ0) is 20.3. The van der Waals surface area contributed by atoms with Crippen molar-refractivity contribution < 1.29 is 14.3 Å². The van der Waals surface area contributed by atoms with Crippen LogP contribution in [0.1, 0.15) is 19.7 Å². The number of aromatic nitrogens is 2. The van der Waals surface area contributed by atoms with Gasteiger partial charge in [-0.05, 0) is 45.0 Å². The Hall–Kier alpha value is -2.54. The van der Waals surface area contributed by atoms with Crippen molar-refractivity contribution in [2.24, 2.45) is 0 Å². The summed E-state index contributed by atoms with van der Waals surface area (Å²) in [5.74, 6) is 2.58. The van der Waals surface area contributed by atoms with Gasteiger partial charge in [-0.25, -0.2) is 4.98 Å². The molecular formula is C20H25ClN4O3. The van der Waals surface area contributed by atoms with E-state index in [2.05, 4.69) is 14.9 Å². The normalized spacial score (nSPS) is 14.8. The van der Waals surface area contributed by atoms with E-state index in [1.54, 1.807) is 45.2 Å². The number of piperazine rings is 1. The average molecular weight is 405 g/mol. The van der Waals surface area contributed by atoms with Gasteiger partial charge in [-0.15, -0.1) is 0 Å². The van der Waals surface area contributed by atoms with E-state index in [4.69, 9.17) is 21.1 Å². The third-order valence-corrected chi connectivity index (χ3v) is 4.85. The number of ether oxygens (including phenoxy) is 2. The Bertz CT molecular complexity index is 834. The molecule has 1 amide bonds. The quantitative estimate of drug-likeness (QED) is 0.763. The second-order valence-electron chi connectivity index (χ2n) is 7.16. The van der Waals surface area contributed by atoms with Gasteiger partial charge in [0.15, 0.2) is 5.60 Å². The van der Waals surface area contributed by atoms with Crippen molar-refractivity contribution in [2.45, 2.75) is 26.4 Å². The number of carbonyl (C=O) groups is 1. The van der Waals surface area contributed by atoms with Crippen molar-refractivity contribution in [1.29, 1.82) is 0 Å². The van der Waals surface area contributed by atoms with Gasteiger partial charge in [0.25, 0.3) is 5.91 Å². The van der Waals surface area contributed by atoms with Crippen LogP contribution in [0.3, 0.4) is 0 Å². The van der Waals surface area contributed by atoms with E-state index in [1.807, 2.05) is 17.9 Å². The number of carbonyl (C=O) groups excluding carboxylic acids is 1. The van der Waals surface area contributed by atoms with E-state index in [1.165, 1.54) is 0 Å². The second-order valence-corrected chi connectivity index (χ2v) is 7.60. The van der Waals surface area contributed by atoms with Crippen LogP contribution in [0.25, 0.3) is 0 Å². The fraction of sp³-hybridized carbons (Fsp3) is 0.450. The number of aryl methyl sites for hydroxylation is 1. The minimum atomic E-state index is -0.968. The van der Waals surface area contributed by atoms with Crippen molar-refractivity contribution in [3.05, 3.63) is 41.2 Å². The Morgan fingerprint density at radius 1 is 1.11 bits per heavy atom. The molecule has 0 atom stereocenters. The summed E-state index contributed by atoms with van der Waals surface area (Å²) >= 11 is 5.91. The maximum absolute atomic E-state index is 13.0. The van der Waals surface area contributed by atoms with E-state index < -0.39 is 5.60 Å². The lowest BCUT2D eigenvalue weighted by Crippen LogP contribution is -2.56. The number of nitrogens with zero attached hydrogens (tertiary/aromatic N) is 4. The predicted molar refractivity (Wildman–Crippen MR) is 108 cm³/mol. The second kappa shape index (κ2) is 8.22. The highest BCUT2D eigenvalue weighted by Gasteiger charge is 2.36. The van der Waals surface area contributed by atoms with Crippen LogP contribution in [0.15, 0.2) is 30.3 Å². The summed E-state index contributed by atoms with van der Waals surface area (Å²) in [5.41, 5.74) is -0.968. The van der Waals surface area contributed by atoms with E-state index in [9.17, 15) is 4.79 Å². The van der Waals surface area contributed by atoms with Crippen LogP contribution in [0.5, 0.6) is 11.6 Å². The number of hydrogen-bond acceptors (Lipinski definition) is 6. The van der Waals surface area contributed by atoms with Crippen molar-refractivity contribution in [3.8, 4) is 11.6 Å². The molecule has 2 heterocycles. The first kappa shape index (κ1) is 20.2. The van der Waals surface area contributed by atoms with Crippen LogP contribution in [-0.4, -0.2) is 59.7 Å². The van der Waals surface area contributed by atoms with E-state index in [0.29, 0.717) is 48.7 Å². The summed E-state index contributed by atoms with van der Waals surface area (Å²) in [6, 6.07) is 8.83. The minimum absolute atomic E-state index is 0.0430. The van der Waals surface area contributed by atoms with Gasteiger partial charge in [0.05, 0.1) is 7.11 Å². The zero-order valence-electron chi connectivity index (χ0n) is 16.6. The van der Waals surface area contributed by atoms with Crippen LogP contribution < -0.4 is 14.4 Å². The standard InChI is InChI=1S/C20H25ClN4O3/c1-14-22-17(13-18(23-14)27-4)24-9-11-25(12-10-24)19(26)20(2,3)28-16-7-5-15(21)6-8-16/h5-8,13H,9-12H2,1-4H3. The first-order chi connectivity index (χ1) is 13.3. The van der Waals surface area contributed by atoms with E-state index in [0.717, 1.165) is 5.82 Å². The lowest BCUT2D eigenvalue weighted by Gasteiger charge is -2.39. The molecule has 1 aromatic carbocycles. The molecule has 3 rings (SSSR count). The molecule has 150 valence electrons. The van der Waals surface area contributed by atoms with Crippen LogP contribution in [0.4, 0.5) is 5.82 Å². The van der Waals surface area contributed by atoms with Crippen molar-refractivity contribution in [3.63, 3.8) is 0 Å². The maximum atomic E-state index is 13.0. The fourth-order valence-corrected chi connectivity index (χ4v) is 3.28. The molecule has 7 nitrogen and oxygen atoms in total. The number of rotatable bonds is 5. The van der Waals surface area contributed by atoms with Gasteiger partial charge >= 0.3 is 0 Å². The molecule has 0 N–H and O–H groups in total. The fourth-order valence-electron chi connectivity index (χ4n) is 3.15.